The van der Waals surface area contributed by atoms with Gasteiger partial charge in [-0.05, 0) is 17.7 Å². The number of nitro benzene ring substituents is 1. The van der Waals surface area contributed by atoms with E-state index >= 15 is 0 Å². The smallest absolute Gasteiger partial charge is 0.270 e. The summed E-state index contributed by atoms with van der Waals surface area (Å²) in [4.78, 5) is 26.0. The molecule has 0 unspecified atom stereocenters. The van der Waals surface area contributed by atoms with Gasteiger partial charge in [0.05, 0.1) is 43.5 Å². The molecule has 0 bridgehead atoms. The third-order valence-electron chi connectivity index (χ3n) is 5.52. The van der Waals surface area contributed by atoms with Gasteiger partial charge in [0.15, 0.2) is 0 Å². The Morgan fingerprint density at radius 2 is 1.97 bits per heavy atom. The number of carbonyl (C=O) groups excluding carboxylic acids is 1. The first-order valence-corrected chi connectivity index (χ1v) is 10.1. The molecule has 162 valence electrons. The average molecular weight is 424 g/mol. The van der Waals surface area contributed by atoms with Crippen LogP contribution in [0.1, 0.15) is 23.6 Å². The van der Waals surface area contributed by atoms with Crippen molar-refractivity contribution in [3.63, 3.8) is 0 Å². The number of morpholine rings is 1. The number of methoxy groups -OCH3 is 1. The number of hydrogen-bond donors (Lipinski definition) is 0. The van der Waals surface area contributed by atoms with Crippen LogP contribution < -0.4 is 4.74 Å². The maximum Gasteiger partial charge on any atom is 0.270 e. The van der Waals surface area contributed by atoms with Gasteiger partial charge in [0.1, 0.15) is 5.75 Å². The molecule has 2 aliphatic heterocycles. The number of nitrogens with zero attached hydrogens (tertiary/aromatic N) is 4. The fourth-order valence-corrected chi connectivity index (χ4v) is 3.82. The second-order valence-electron chi connectivity index (χ2n) is 7.47. The van der Waals surface area contributed by atoms with Crippen LogP contribution in [0.15, 0.2) is 53.6 Å². The minimum absolute atomic E-state index is 0.000657. The Balaban J connectivity index is 1.62. The summed E-state index contributed by atoms with van der Waals surface area (Å²) in [5.41, 5.74) is 2.23. The Morgan fingerprint density at radius 1 is 1.23 bits per heavy atom. The van der Waals surface area contributed by atoms with Crippen LogP contribution >= 0.6 is 0 Å². The zero-order valence-electron chi connectivity index (χ0n) is 17.3. The maximum atomic E-state index is 13.2. The van der Waals surface area contributed by atoms with Gasteiger partial charge in [0, 0.05) is 37.2 Å². The number of non-ortho nitro benzene ring substituents is 1. The quantitative estimate of drug-likeness (QED) is 0.522. The van der Waals surface area contributed by atoms with Gasteiger partial charge in [-0.15, -0.1) is 0 Å². The summed E-state index contributed by atoms with van der Waals surface area (Å²) in [6, 6.07) is 13.6. The Kier molecular flexibility index (Phi) is 6.24. The van der Waals surface area contributed by atoms with E-state index in [0.29, 0.717) is 44.0 Å². The second-order valence-corrected chi connectivity index (χ2v) is 7.47. The highest BCUT2D eigenvalue weighted by atomic mass is 16.6. The maximum absolute atomic E-state index is 13.2. The highest BCUT2D eigenvalue weighted by molar-refractivity contribution is 6.03. The number of ether oxygens (including phenoxy) is 2. The van der Waals surface area contributed by atoms with Gasteiger partial charge in [0.25, 0.3) is 11.6 Å². The summed E-state index contributed by atoms with van der Waals surface area (Å²) in [7, 11) is 1.60. The van der Waals surface area contributed by atoms with Crippen LogP contribution in [-0.4, -0.2) is 66.4 Å². The first kappa shape index (κ1) is 21.0. The first-order valence-electron chi connectivity index (χ1n) is 10.1. The molecule has 0 spiro atoms. The molecular weight excluding hydrogens is 400 g/mol. The molecule has 2 aliphatic rings. The fourth-order valence-electron chi connectivity index (χ4n) is 3.82. The molecule has 2 aromatic carbocycles. The molecule has 1 amide bonds. The summed E-state index contributed by atoms with van der Waals surface area (Å²) in [6.07, 6.45) is 0.475. The Morgan fingerprint density at radius 3 is 2.65 bits per heavy atom. The van der Waals surface area contributed by atoms with E-state index in [9.17, 15) is 14.9 Å². The molecule has 0 aliphatic carbocycles. The normalized spacial score (nSPS) is 19.2. The van der Waals surface area contributed by atoms with Crippen molar-refractivity contribution in [3.05, 3.63) is 69.8 Å². The highest BCUT2D eigenvalue weighted by Gasteiger charge is 2.34. The highest BCUT2D eigenvalue weighted by Crippen LogP contribution is 2.34. The molecule has 2 aromatic rings. The average Bonchev–Trinajstić information content (AvgIpc) is 3.26. The lowest BCUT2D eigenvalue weighted by atomic mass is 9.98. The van der Waals surface area contributed by atoms with Crippen LogP contribution in [0, 0.1) is 10.1 Å². The number of hydrazone groups is 1. The van der Waals surface area contributed by atoms with Crippen molar-refractivity contribution in [1.82, 2.24) is 9.91 Å². The van der Waals surface area contributed by atoms with E-state index in [4.69, 9.17) is 9.47 Å². The first-order chi connectivity index (χ1) is 15.0. The van der Waals surface area contributed by atoms with E-state index in [1.54, 1.807) is 19.2 Å². The number of hydrogen-bond acceptors (Lipinski definition) is 7. The van der Waals surface area contributed by atoms with Crippen molar-refractivity contribution in [2.45, 2.75) is 12.5 Å². The lowest BCUT2D eigenvalue weighted by molar-refractivity contribution is -0.384. The molecule has 1 saturated heterocycles. The number of nitro groups is 1. The summed E-state index contributed by atoms with van der Waals surface area (Å²) >= 11 is 0. The van der Waals surface area contributed by atoms with Crippen molar-refractivity contribution < 1.29 is 19.2 Å². The zero-order chi connectivity index (χ0) is 21.8. The zero-order valence-corrected chi connectivity index (χ0v) is 17.3. The molecule has 4 rings (SSSR count). The summed E-state index contributed by atoms with van der Waals surface area (Å²) < 4.78 is 10.6. The van der Waals surface area contributed by atoms with E-state index in [1.807, 2.05) is 24.3 Å². The number of benzene rings is 2. The van der Waals surface area contributed by atoms with Crippen molar-refractivity contribution in [1.29, 1.82) is 0 Å². The van der Waals surface area contributed by atoms with E-state index < -0.39 is 4.92 Å². The van der Waals surface area contributed by atoms with Gasteiger partial charge in [-0.2, -0.15) is 5.10 Å². The fraction of sp³-hybridized carbons (Fsp3) is 0.364. The van der Waals surface area contributed by atoms with Crippen molar-refractivity contribution in [3.8, 4) is 5.75 Å². The minimum atomic E-state index is -0.429. The van der Waals surface area contributed by atoms with Crippen LogP contribution in [0.2, 0.25) is 0 Å². The topological polar surface area (TPSA) is 97.5 Å². The molecule has 0 N–H and O–H groups in total. The summed E-state index contributed by atoms with van der Waals surface area (Å²) in [5.74, 6) is 0.621. The number of carbonyl (C=O) groups is 1. The standard InChI is InChI=1S/C22H24N4O5/c1-30-19-7-5-16(6-8-19)21-14-20(17-3-2-4-18(13-17)26(28)29)23-25(21)22(27)15-24-9-11-31-12-10-24/h2-8,13,21H,9-12,14-15H2,1H3/t21-/m1/s1. The van der Waals surface area contributed by atoms with Crippen LogP contribution in [0.3, 0.4) is 0 Å². The molecule has 0 saturated carbocycles. The third kappa shape index (κ3) is 4.73. The summed E-state index contributed by atoms with van der Waals surface area (Å²) in [5, 5.41) is 17.3. The second kappa shape index (κ2) is 9.23. The van der Waals surface area contributed by atoms with Gasteiger partial charge >= 0.3 is 0 Å². The van der Waals surface area contributed by atoms with Crippen molar-refractivity contribution in [2.24, 2.45) is 5.10 Å². The van der Waals surface area contributed by atoms with Crippen LogP contribution in [0.5, 0.6) is 5.75 Å². The van der Waals surface area contributed by atoms with E-state index in [2.05, 4.69) is 10.0 Å². The minimum Gasteiger partial charge on any atom is -0.497 e. The molecule has 1 atom stereocenters. The number of rotatable bonds is 6. The molecular formula is C22H24N4O5. The van der Waals surface area contributed by atoms with E-state index in [1.165, 1.54) is 17.1 Å². The predicted molar refractivity (Wildman–Crippen MR) is 114 cm³/mol. The Labute approximate surface area is 180 Å². The van der Waals surface area contributed by atoms with Crippen molar-refractivity contribution in [2.75, 3.05) is 40.0 Å². The largest absolute Gasteiger partial charge is 0.497 e. The molecule has 9 nitrogen and oxygen atoms in total. The van der Waals surface area contributed by atoms with Gasteiger partial charge in [-0.25, -0.2) is 5.01 Å². The molecule has 0 radical (unpaired) electrons. The van der Waals surface area contributed by atoms with Crippen LogP contribution in [0.4, 0.5) is 5.69 Å². The van der Waals surface area contributed by atoms with Gasteiger partial charge in [-0.1, -0.05) is 24.3 Å². The van der Waals surface area contributed by atoms with Gasteiger partial charge in [0.2, 0.25) is 0 Å². The third-order valence-corrected chi connectivity index (χ3v) is 5.52. The summed E-state index contributed by atoms with van der Waals surface area (Å²) in [6.45, 7) is 2.87. The van der Waals surface area contributed by atoms with Crippen LogP contribution in [0.25, 0.3) is 0 Å². The molecule has 9 heteroatoms. The van der Waals surface area contributed by atoms with Crippen LogP contribution in [-0.2, 0) is 9.53 Å². The lowest BCUT2D eigenvalue weighted by Gasteiger charge is -2.29. The predicted octanol–water partition coefficient (Wildman–Crippen LogP) is 2.61. The van der Waals surface area contributed by atoms with Gasteiger partial charge < -0.3 is 9.47 Å². The van der Waals surface area contributed by atoms with Crippen molar-refractivity contribution >= 4 is 17.3 Å². The Bertz CT molecular complexity index is 986. The van der Waals surface area contributed by atoms with E-state index in [0.717, 1.165) is 11.3 Å². The monoisotopic (exact) mass is 424 g/mol. The SMILES string of the molecule is COc1ccc([C@H]2CC(c3cccc([N+](=O)[O-])c3)=NN2C(=O)CN2CCOCC2)cc1. The Hall–Kier alpha value is -3.30. The molecule has 2 heterocycles. The lowest BCUT2D eigenvalue weighted by Crippen LogP contribution is -2.43. The van der Waals surface area contributed by atoms with Gasteiger partial charge in [-0.3, -0.25) is 19.8 Å². The number of amides is 1. The molecule has 31 heavy (non-hydrogen) atoms. The molecule has 1 fully saturated rings. The van der Waals surface area contributed by atoms with E-state index in [-0.39, 0.29) is 24.2 Å². The molecule has 0 aromatic heterocycles.